The Kier molecular flexibility index (Phi) is 6.06. The van der Waals surface area contributed by atoms with Crippen molar-refractivity contribution < 1.29 is 9.53 Å². The first kappa shape index (κ1) is 17.7. The maximum atomic E-state index is 11.7. The number of nitrogens with one attached hydrogen (secondary N) is 1. The number of esters is 1. The normalized spacial score (nSPS) is 10.7. The number of para-hydroxylation sites is 1. The molecule has 0 aliphatic heterocycles. The molecule has 0 aliphatic rings. The van der Waals surface area contributed by atoms with Crippen LogP contribution in [-0.2, 0) is 16.1 Å². The van der Waals surface area contributed by atoms with Crippen molar-refractivity contribution in [2.45, 2.75) is 40.2 Å². The molecular formula is C17H23N5O2. The van der Waals surface area contributed by atoms with Crippen LogP contribution in [-0.4, -0.2) is 20.9 Å². The minimum atomic E-state index is -0.268. The summed E-state index contributed by atoms with van der Waals surface area (Å²) in [4.78, 5) is 24.0. The summed E-state index contributed by atoms with van der Waals surface area (Å²) in [6.45, 7) is 6.07. The van der Waals surface area contributed by atoms with Gasteiger partial charge in [-0.25, -0.2) is 0 Å². The molecule has 0 saturated heterocycles. The minimum absolute atomic E-state index is 0.0217. The Bertz CT molecular complexity index is 703. The van der Waals surface area contributed by atoms with Gasteiger partial charge in [-0.3, -0.25) is 4.79 Å². The van der Waals surface area contributed by atoms with Crippen LogP contribution in [0.2, 0.25) is 0 Å². The third-order valence-electron chi connectivity index (χ3n) is 3.38. The Morgan fingerprint density at radius 3 is 2.71 bits per heavy atom. The number of ether oxygens (including phenoxy) is 1. The van der Waals surface area contributed by atoms with Gasteiger partial charge in [-0.15, -0.1) is 0 Å². The first-order valence-corrected chi connectivity index (χ1v) is 7.92. The van der Waals surface area contributed by atoms with Gasteiger partial charge < -0.3 is 15.8 Å². The lowest BCUT2D eigenvalue weighted by molar-refractivity contribution is -0.145. The number of rotatable bonds is 7. The summed E-state index contributed by atoms with van der Waals surface area (Å²) in [6, 6.07) is 7.76. The molecule has 0 saturated carbocycles. The summed E-state index contributed by atoms with van der Waals surface area (Å²) in [5, 5.41) is 3.10. The number of nitrogens with zero attached hydrogens (tertiary/aromatic N) is 3. The summed E-state index contributed by atoms with van der Waals surface area (Å²) >= 11 is 0. The Balaban J connectivity index is 2.01. The lowest BCUT2D eigenvalue weighted by atomic mass is 10.1. The van der Waals surface area contributed by atoms with E-state index in [-0.39, 0.29) is 18.5 Å². The SMILES string of the molecule is Cc1ccccc1Nc1nc(N)nc(COC(=O)CCC(C)C)n1. The monoisotopic (exact) mass is 329 g/mol. The molecule has 1 heterocycles. The number of benzene rings is 1. The van der Waals surface area contributed by atoms with Gasteiger partial charge in [0.25, 0.3) is 0 Å². The van der Waals surface area contributed by atoms with Gasteiger partial charge in [0, 0.05) is 12.1 Å². The van der Waals surface area contributed by atoms with Crippen LogP contribution in [0.25, 0.3) is 0 Å². The van der Waals surface area contributed by atoms with Crippen LogP contribution < -0.4 is 11.1 Å². The smallest absolute Gasteiger partial charge is 0.306 e. The van der Waals surface area contributed by atoms with Gasteiger partial charge in [0.15, 0.2) is 12.4 Å². The van der Waals surface area contributed by atoms with Crippen molar-refractivity contribution in [3.63, 3.8) is 0 Å². The minimum Gasteiger partial charge on any atom is -0.457 e. The highest BCUT2D eigenvalue weighted by atomic mass is 16.5. The predicted octanol–water partition coefficient (Wildman–Crippen LogP) is 2.99. The molecule has 0 spiro atoms. The number of carbonyl (C=O) groups excluding carboxylic acids is 1. The number of aromatic nitrogens is 3. The van der Waals surface area contributed by atoms with Crippen LogP contribution in [0.1, 0.15) is 38.1 Å². The van der Waals surface area contributed by atoms with Gasteiger partial charge in [0.05, 0.1) is 0 Å². The fourth-order valence-electron chi connectivity index (χ4n) is 2.02. The van der Waals surface area contributed by atoms with Crippen LogP contribution in [0.15, 0.2) is 24.3 Å². The van der Waals surface area contributed by atoms with Gasteiger partial charge in [-0.2, -0.15) is 15.0 Å². The summed E-state index contributed by atoms with van der Waals surface area (Å²) < 4.78 is 5.19. The van der Waals surface area contributed by atoms with E-state index in [1.807, 2.05) is 31.2 Å². The standard InChI is InChI=1S/C17H23N5O2/c1-11(2)8-9-15(23)24-10-14-20-16(18)22-17(21-14)19-13-7-5-4-6-12(13)3/h4-7,11H,8-10H2,1-3H3,(H3,18,19,20,21,22). The first-order valence-electron chi connectivity index (χ1n) is 7.92. The number of nitrogens with two attached hydrogens (primary N) is 1. The Labute approximate surface area is 141 Å². The van der Waals surface area contributed by atoms with Crippen molar-refractivity contribution >= 4 is 23.6 Å². The van der Waals surface area contributed by atoms with E-state index < -0.39 is 0 Å². The second-order valence-electron chi connectivity index (χ2n) is 5.97. The Hall–Kier alpha value is -2.70. The van der Waals surface area contributed by atoms with Gasteiger partial charge in [-0.1, -0.05) is 32.0 Å². The number of hydrogen-bond acceptors (Lipinski definition) is 7. The first-order chi connectivity index (χ1) is 11.4. The third-order valence-corrected chi connectivity index (χ3v) is 3.38. The zero-order chi connectivity index (χ0) is 17.5. The zero-order valence-electron chi connectivity index (χ0n) is 14.2. The van der Waals surface area contributed by atoms with Crippen molar-refractivity contribution in [2.24, 2.45) is 5.92 Å². The average molecular weight is 329 g/mol. The largest absolute Gasteiger partial charge is 0.457 e. The van der Waals surface area contributed by atoms with E-state index in [0.717, 1.165) is 17.7 Å². The van der Waals surface area contributed by atoms with E-state index in [2.05, 4.69) is 34.1 Å². The highest BCUT2D eigenvalue weighted by Gasteiger charge is 2.10. The summed E-state index contributed by atoms with van der Waals surface area (Å²) in [7, 11) is 0. The van der Waals surface area contributed by atoms with E-state index in [4.69, 9.17) is 10.5 Å². The molecule has 7 heteroatoms. The fraction of sp³-hybridized carbons (Fsp3) is 0.412. The van der Waals surface area contributed by atoms with Crippen LogP contribution in [0.5, 0.6) is 0 Å². The fourth-order valence-corrected chi connectivity index (χ4v) is 2.02. The van der Waals surface area contributed by atoms with E-state index in [1.54, 1.807) is 0 Å². The Morgan fingerprint density at radius 2 is 2.00 bits per heavy atom. The molecule has 24 heavy (non-hydrogen) atoms. The maximum absolute atomic E-state index is 11.7. The molecule has 0 amide bonds. The molecule has 1 aromatic heterocycles. The molecule has 2 aromatic rings. The van der Waals surface area contributed by atoms with Crippen molar-refractivity contribution in [1.82, 2.24) is 15.0 Å². The molecule has 0 atom stereocenters. The van der Waals surface area contributed by atoms with Gasteiger partial charge in [0.2, 0.25) is 11.9 Å². The van der Waals surface area contributed by atoms with E-state index in [9.17, 15) is 4.79 Å². The Morgan fingerprint density at radius 1 is 1.25 bits per heavy atom. The van der Waals surface area contributed by atoms with Crippen molar-refractivity contribution in [2.75, 3.05) is 11.1 Å². The highest BCUT2D eigenvalue weighted by molar-refractivity contribution is 5.69. The third kappa shape index (κ3) is 5.49. The second kappa shape index (κ2) is 8.24. The van der Waals surface area contributed by atoms with Crippen molar-refractivity contribution in [1.29, 1.82) is 0 Å². The van der Waals surface area contributed by atoms with Crippen LogP contribution in [0.3, 0.4) is 0 Å². The predicted molar refractivity (Wildman–Crippen MR) is 92.6 cm³/mol. The number of carbonyl (C=O) groups is 1. The van der Waals surface area contributed by atoms with Crippen molar-refractivity contribution in [3.8, 4) is 0 Å². The van der Waals surface area contributed by atoms with E-state index in [0.29, 0.717) is 24.1 Å². The van der Waals surface area contributed by atoms with Gasteiger partial charge in [0.1, 0.15) is 0 Å². The quantitative estimate of drug-likeness (QED) is 0.753. The molecule has 0 fully saturated rings. The number of hydrogen-bond donors (Lipinski definition) is 2. The van der Waals surface area contributed by atoms with Gasteiger partial charge in [-0.05, 0) is 30.9 Å². The molecule has 0 bridgehead atoms. The molecule has 7 nitrogen and oxygen atoms in total. The molecule has 0 unspecified atom stereocenters. The van der Waals surface area contributed by atoms with Crippen LogP contribution in [0.4, 0.5) is 17.6 Å². The van der Waals surface area contributed by atoms with Crippen LogP contribution >= 0.6 is 0 Å². The number of nitrogen functional groups attached to an aromatic ring is 1. The zero-order valence-corrected chi connectivity index (χ0v) is 14.2. The summed E-state index contributed by atoms with van der Waals surface area (Å²) in [5.41, 5.74) is 7.64. The summed E-state index contributed by atoms with van der Waals surface area (Å²) in [6.07, 6.45) is 1.17. The van der Waals surface area contributed by atoms with Crippen molar-refractivity contribution in [3.05, 3.63) is 35.7 Å². The van der Waals surface area contributed by atoms with E-state index >= 15 is 0 Å². The summed E-state index contributed by atoms with van der Waals surface area (Å²) in [5.74, 6) is 0.905. The molecule has 128 valence electrons. The molecule has 0 aliphatic carbocycles. The van der Waals surface area contributed by atoms with Gasteiger partial charge >= 0.3 is 5.97 Å². The molecular weight excluding hydrogens is 306 g/mol. The molecule has 3 N–H and O–H groups in total. The highest BCUT2D eigenvalue weighted by Crippen LogP contribution is 2.18. The number of aryl methyl sites for hydroxylation is 1. The molecule has 0 radical (unpaired) electrons. The lowest BCUT2D eigenvalue weighted by Crippen LogP contribution is -2.11. The molecule has 2 rings (SSSR count). The second-order valence-corrected chi connectivity index (χ2v) is 5.97. The lowest BCUT2D eigenvalue weighted by Gasteiger charge is -2.10. The van der Waals surface area contributed by atoms with E-state index in [1.165, 1.54) is 0 Å². The van der Waals surface area contributed by atoms with Crippen LogP contribution in [0, 0.1) is 12.8 Å². The topological polar surface area (TPSA) is 103 Å². The molecule has 1 aromatic carbocycles. The average Bonchev–Trinajstić information content (AvgIpc) is 2.52. The maximum Gasteiger partial charge on any atom is 0.306 e. The number of anilines is 3.